The average Bonchev–Trinajstić information content (AvgIpc) is 2.93. The first kappa shape index (κ1) is 13.4. The summed E-state index contributed by atoms with van der Waals surface area (Å²) in [6.07, 6.45) is 2.06. The number of hydrogen-bond donors (Lipinski definition) is 0. The van der Waals surface area contributed by atoms with Crippen LogP contribution in [0.5, 0.6) is 0 Å². The summed E-state index contributed by atoms with van der Waals surface area (Å²) in [6, 6.07) is 18.0. The number of para-hydroxylation sites is 1. The molecule has 0 fully saturated rings. The Morgan fingerprint density at radius 2 is 1.90 bits per heavy atom. The Balaban J connectivity index is 1.97. The third-order valence-corrected chi connectivity index (χ3v) is 3.68. The SMILES string of the molecule is C=CCOC(=O)N1c2ccccc2C[C@@H]1c1ccccc1. The van der Waals surface area contributed by atoms with Gasteiger partial charge in [0.2, 0.25) is 0 Å². The highest BCUT2D eigenvalue weighted by Crippen LogP contribution is 2.40. The highest BCUT2D eigenvalue weighted by Gasteiger charge is 2.35. The van der Waals surface area contributed by atoms with Crippen LogP contribution in [0.2, 0.25) is 0 Å². The molecule has 1 aliphatic rings. The number of rotatable bonds is 3. The van der Waals surface area contributed by atoms with E-state index in [2.05, 4.69) is 12.6 Å². The van der Waals surface area contributed by atoms with E-state index in [9.17, 15) is 4.79 Å². The standard InChI is InChI=1S/C18H17NO2/c1-2-12-21-18(20)19-16-11-7-6-10-15(16)13-17(19)14-8-4-3-5-9-14/h2-11,17H,1,12-13H2/t17-/m1/s1. The zero-order chi connectivity index (χ0) is 14.7. The Labute approximate surface area is 124 Å². The predicted molar refractivity (Wildman–Crippen MR) is 83.4 cm³/mol. The van der Waals surface area contributed by atoms with Crippen molar-refractivity contribution in [3.05, 3.63) is 78.4 Å². The van der Waals surface area contributed by atoms with Crippen molar-refractivity contribution in [2.75, 3.05) is 11.5 Å². The molecule has 0 N–H and O–H groups in total. The first-order valence-electron chi connectivity index (χ1n) is 7.01. The van der Waals surface area contributed by atoms with Crippen molar-refractivity contribution in [1.82, 2.24) is 0 Å². The molecule has 0 radical (unpaired) electrons. The fraction of sp³-hybridized carbons (Fsp3) is 0.167. The average molecular weight is 279 g/mol. The highest BCUT2D eigenvalue weighted by atomic mass is 16.6. The summed E-state index contributed by atoms with van der Waals surface area (Å²) < 4.78 is 5.25. The number of benzene rings is 2. The molecule has 0 aromatic heterocycles. The zero-order valence-electron chi connectivity index (χ0n) is 11.7. The second-order valence-electron chi connectivity index (χ2n) is 4.99. The van der Waals surface area contributed by atoms with E-state index < -0.39 is 0 Å². The Bertz CT molecular complexity index is 651. The lowest BCUT2D eigenvalue weighted by Gasteiger charge is -2.25. The first-order valence-corrected chi connectivity index (χ1v) is 7.01. The monoisotopic (exact) mass is 279 g/mol. The van der Waals surface area contributed by atoms with Gasteiger partial charge in [-0.05, 0) is 23.6 Å². The van der Waals surface area contributed by atoms with Gasteiger partial charge in [-0.3, -0.25) is 4.90 Å². The van der Waals surface area contributed by atoms with Gasteiger partial charge in [0.25, 0.3) is 0 Å². The molecule has 0 aliphatic carbocycles. The maximum atomic E-state index is 12.4. The fourth-order valence-electron chi connectivity index (χ4n) is 2.75. The van der Waals surface area contributed by atoms with Crippen molar-refractivity contribution in [3.8, 4) is 0 Å². The van der Waals surface area contributed by atoms with Crippen molar-refractivity contribution in [1.29, 1.82) is 0 Å². The summed E-state index contributed by atoms with van der Waals surface area (Å²) in [5, 5.41) is 0. The van der Waals surface area contributed by atoms with Crippen LogP contribution in [0.1, 0.15) is 17.2 Å². The Hall–Kier alpha value is -2.55. The maximum Gasteiger partial charge on any atom is 0.415 e. The molecular formula is C18H17NO2. The van der Waals surface area contributed by atoms with Gasteiger partial charge in [-0.2, -0.15) is 0 Å². The van der Waals surface area contributed by atoms with Gasteiger partial charge in [0.1, 0.15) is 6.61 Å². The summed E-state index contributed by atoms with van der Waals surface area (Å²) >= 11 is 0. The molecule has 0 bridgehead atoms. The number of ether oxygens (including phenoxy) is 1. The van der Waals surface area contributed by atoms with E-state index >= 15 is 0 Å². The number of nitrogens with zero attached hydrogens (tertiary/aromatic N) is 1. The van der Waals surface area contributed by atoms with Crippen LogP contribution < -0.4 is 4.90 Å². The van der Waals surface area contributed by atoms with Gasteiger partial charge >= 0.3 is 6.09 Å². The Kier molecular flexibility index (Phi) is 3.73. The molecule has 0 saturated carbocycles. The molecule has 0 spiro atoms. The summed E-state index contributed by atoms with van der Waals surface area (Å²) in [5.74, 6) is 0. The van der Waals surface area contributed by atoms with E-state index in [1.165, 1.54) is 5.56 Å². The second kappa shape index (κ2) is 5.83. The van der Waals surface area contributed by atoms with Crippen LogP contribution in [-0.4, -0.2) is 12.7 Å². The molecule has 1 amide bonds. The molecule has 1 atom stereocenters. The van der Waals surface area contributed by atoms with E-state index in [0.717, 1.165) is 17.7 Å². The van der Waals surface area contributed by atoms with Crippen LogP contribution in [0.3, 0.4) is 0 Å². The van der Waals surface area contributed by atoms with E-state index in [1.807, 2.05) is 48.5 Å². The molecule has 1 heterocycles. The minimum absolute atomic E-state index is 0.0130. The molecule has 21 heavy (non-hydrogen) atoms. The van der Waals surface area contributed by atoms with Gasteiger partial charge in [-0.1, -0.05) is 61.2 Å². The first-order chi connectivity index (χ1) is 10.3. The van der Waals surface area contributed by atoms with Crippen LogP contribution in [0.4, 0.5) is 10.5 Å². The maximum absolute atomic E-state index is 12.4. The molecule has 3 nitrogen and oxygen atoms in total. The molecule has 3 rings (SSSR count). The normalized spacial score (nSPS) is 16.4. The van der Waals surface area contributed by atoms with E-state index in [4.69, 9.17) is 4.74 Å². The van der Waals surface area contributed by atoms with Crippen molar-refractivity contribution in [3.63, 3.8) is 0 Å². The molecular weight excluding hydrogens is 262 g/mol. The lowest BCUT2D eigenvalue weighted by atomic mass is 10.0. The van der Waals surface area contributed by atoms with Gasteiger partial charge in [0, 0.05) is 0 Å². The minimum atomic E-state index is -0.325. The van der Waals surface area contributed by atoms with Gasteiger partial charge in [0.15, 0.2) is 0 Å². The van der Waals surface area contributed by atoms with Crippen LogP contribution in [0.25, 0.3) is 0 Å². The van der Waals surface area contributed by atoms with Crippen LogP contribution in [-0.2, 0) is 11.2 Å². The molecule has 2 aromatic carbocycles. The van der Waals surface area contributed by atoms with Crippen LogP contribution in [0, 0.1) is 0 Å². The van der Waals surface area contributed by atoms with Crippen LogP contribution in [0.15, 0.2) is 67.3 Å². The highest BCUT2D eigenvalue weighted by molar-refractivity contribution is 5.91. The van der Waals surface area contributed by atoms with Crippen molar-refractivity contribution >= 4 is 11.8 Å². The number of fused-ring (bicyclic) bond motifs is 1. The fourth-order valence-corrected chi connectivity index (χ4v) is 2.75. The van der Waals surface area contributed by atoms with Gasteiger partial charge in [-0.25, -0.2) is 4.79 Å². The van der Waals surface area contributed by atoms with Gasteiger partial charge < -0.3 is 4.74 Å². The third kappa shape index (κ3) is 2.55. The molecule has 2 aromatic rings. The number of amides is 1. The number of hydrogen-bond acceptors (Lipinski definition) is 2. The number of anilines is 1. The predicted octanol–water partition coefficient (Wildman–Crippen LogP) is 4.11. The summed E-state index contributed by atoms with van der Waals surface area (Å²) in [4.78, 5) is 14.2. The second-order valence-corrected chi connectivity index (χ2v) is 4.99. The Morgan fingerprint density at radius 1 is 1.19 bits per heavy atom. The minimum Gasteiger partial charge on any atom is -0.445 e. The quantitative estimate of drug-likeness (QED) is 0.791. The topological polar surface area (TPSA) is 29.5 Å². The lowest BCUT2D eigenvalue weighted by molar-refractivity contribution is 0.164. The third-order valence-electron chi connectivity index (χ3n) is 3.68. The zero-order valence-corrected chi connectivity index (χ0v) is 11.7. The molecule has 1 aliphatic heterocycles. The van der Waals surface area contributed by atoms with Gasteiger partial charge in [0.05, 0.1) is 11.7 Å². The summed E-state index contributed by atoms with van der Waals surface area (Å²) in [6.45, 7) is 3.81. The van der Waals surface area contributed by atoms with E-state index in [0.29, 0.717) is 0 Å². The van der Waals surface area contributed by atoms with Crippen molar-refractivity contribution < 1.29 is 9.53 Å². The summed E-state index contributed by atoms with van der Waals surface area (Å²) in [5.41, 5.74) is 3.21. The smallest absolute Gasteiger partial charge is 0.415 e. The largest absolute Gasteiger partial charge is 0.445 e. The molecule has 0 saturated heterocycles. The van der Waals surface area contributed by atoms with Gasteiger partial charge in [-0.15, -0.1) is 0 Å². The van der Waals surface area contributed by atoms with E-state index in [1.54, 1.807) is 11.0 Å². The number of carbonyl (C=O) groups is 1. The number of carbonyl (C=O) groups excluding carboxylic acids is 1. The van der Waals surface area contributed by atoms with Crippen LogP contribution >= 0.6 is 0 Å². The summed E-state index contributed by atoms with van der Waals surface area (Å²) in [7, 11) is 0. The Morgan fingerprint density at radius 3 is 2.67 bits per heavy atom. The lowest BCUT2D eigenvalue weighted by Crippen LogP contribution is -2.32. The van der Waals surface area contributed by atoms with Crippen molar-refractivity contribution in [2.45, 2.75) is 12.5 Å². The molecule has 3 heteroatoms. The molecule has 106 valence electrons. The van der Waals surface area contributed by atoms with Crippen molar-refractivity contribution in [2.24, 2.45) is 0 Å². The van der Waals surface area contributed by atoms with E-state index in [-0.39, 0.29) is 18.7 Å². The molecule has 0 unspecified atom stereocenters.